The summed E-state index contributed by atoms with van der Waals surface area (Å²) in [6.45, 7) is 4.05. The SMILES string of the molecule is COC(=O)CC1COc2cc(NCc3cccc(-n4c(C5CCCO5)nc5cc(Cl)ccc54)c3C)ccc21. The molecule has 2 atom stereocenters. The maximum absolute atomic E-state index is 11.7. The molecule has 1 N–H and O–H groups in total. The average molecular weight is 532 g/mol. The topological polar surface area (TPSA) is 74.6 Å². The Balaban J connectivity index is 1.27. The molecule has 0 bridgehead atoms. The molecule has 3 heterocycles. The van der Waals surface area contributed by atoms with Gasteiger partial charge in [0.1, 0.15) is 17.7 Å². The van der Waals surface area contributed by atoms with E-state index in [9.17, 15) is 4.79 Å². The van der Waals surface area contributed by atoms with E-state index >= 15 is 0 Å². The van der Waals surface area contributed by atoms with Crippen LogP contribution in [0.3, 0.4) is 0 Å². The highest BCUT2D eigenvalue weighted by atomic mass is 35.5. The molecule has 7 nitrogen and oxygen atoms in total. The zero-order valence-corrected chi connectivity index (χ0v) is 22.3. The van der Waals surface area contributed by atoms with Crippen LogP contribution in [0.2, 0.25) is 5.02 Å². The smallest absolute Gasteiger partial charge is 0.306 e. The van der Waals surface area contributed by atoms with Crippen molar-refractivity contribution in [3.05, 3.63) is 82.1 Å². The van der Waals surface area contributed by atoms with Gasteiger partial charge in [0.05, 0.1) is 36.9 Å². The van der Waals surface area contributed by atoms with Gasteiger partial charge >= 0.3 is 5.97 Å². The van der Waals surface area contributed by atoms with Crippen LogP contribution in [0.15, 0.2) is 54.6 Å². The molecule has 0 aliphatic carbocycles. The lowest BCUT2D eigenvalue weighted by molar-refractivity contribution is -0.141. The monoisotopic (exact) mass is 531 g/mol. The van der Waals surface area contributed by atoms with Gasteiger partial charge in [-0.05, 0) is 61.2 Å². The molecule has 1 aromatic heterocycles. The first-order valence-corrected chi connectivity index (χ1v) is 13.4. The molecular weight excluding hydrogens is 502 g/mol. The van der Waals surface area contributed by atoms with E-state index in [2.05, 4.69) is 35.0 Å². The van der Waals surface area contributed by atoms with Crippen LogP contribution in [0.25, 0.3) is 16.7 Å². The third-order valence-electron chi connectivity index (χ3n) is 7.54. The van der Waals surface area contributed by atoms with Crippen molar-refractivity contribution < 1.29 is 19.0 Å². The Morgan fingerprint density at radius 3 is 2.92 bits per heavy atom. The van der Waals surface area contributed by atoms with Gasteiger partial charge in [0, 0.05) is 41.4 Å². The van der Waals surface area contributed by atoms with Crippen molar-refractivity contribution in [2.75, 3.05) is 25.6 Å². The summed E-state index contributed by atoms with van der Waals surface area (Å²) < 4.78 is 19.0. The quantitative estimate of drug-likeness (QED) is 0.275. The fraction of sp³-hybridized carbons (Fsp3) is 0.333. The summed E-state index contributed by atoms with van der Waals surface area (Å²) in [6.07, 6.45) is 2.28. The predicted octanol–water partition coefficient (Wildman–Crippen LogP) is 6.49. The Morgan fingerprint density at radius 2 is 2.11 bits per heavy atom. The number of carbonyl (C=O) groups is 1. The third kappa shape index (κ3) is 4.61. The molecule has 2 unspecified atom stereocenters. The van der Waals surface area contributed by atoms with E-state index in [1.807, 2.05) is 36.4 Å². The number of hydrogen-bond donors (Lipinski definition) is 1. The van der Waals surface area contributed by atoms with E-state index in [0.717, 1.165) is 59.0 Å². The summed E-state index contributed by atoms with van der Waals surface area (Å²) in [5.41, 5.74) is 7.34. The highest BCUT2D eigenvalue weighted by Crippen LogP contribution is 2.38. The normalized spacial score (nSPS) is 18.4. The van der Waals surface area contributed by atoms with Crippen LogP contribution in [0.5, 0.6) is 5.75 Å². The zero-order valence-electron chi connectivity index (χ0n) is 21.5. The van der Waals surface area contributed by atoms with Crippen LogP contribution >= 0.6 is 11.6 Å². The molecule has 0 amide bonds. The van der Waals surface area contributed by atoms with Gasteiger partial charge in [-0.15, -0.1) is 0 Å². The largest absolute Gasteiger partial charge is 0.493 e. The van der Waals surface area contributed by atoms with Crippen molar-refractivity contribution in [1.29, 1.82) is 0 Å². The van der Waals surface area contributed by atoms with Crippen molar-refractivity contribution in [3.8, 4) is 11.4 Å². The summed E-state index contributed by atoms with van der Waals surface area (Å²) in [5.74, 6) is 1.55. The summed E-state index contributed by atoms with van der Waals surface area (Å²) in [6, 6.07) is 18.3. The van der Waals surface area contributed by atoms with Crippen molar-refractivity contribution in [3.63, 3.8) is 0 Å². The Hall–Kier alpha value is -3.55. The maximum Gasteiger partial charge on any atom is 0.306 e. The second-order valence-corrected chi connectivity index (χ2v) is 10.3. The zero-order chi connectivity index (χ0) is 26.2. The fourth-order valence-corrected chi connectivity index (χ4v) is 5.63. The molecule has 38 heavy (non-hydrogen) atoms. The van der Waals surface area contributed by atoms with Crippen LogP contribution in [-0.4, -0.2) is 35.8 Å². The molecule has 4 aromatic rings. The van der Waals surface area contributed by atoms with E-state index in [-0.39, 0.29) is 18.0 Å². The highest BCUT2D eigenvalue weighted by molar-refractivity contribution is 6.31. The van der Waals surface area contributed by atoms with Crippen LogP contribution in [-0.2, 0) is 20.8 Å². The number of hydrogen-bond acceptors (Lipinski definition) is 6. The van der Waals surface area contributed by atoms with Crippen LogP contribution in [0.4, 0.5) is 5.69 Å². The molecule has 2 aliphatic heterocycles. The number of ether oxygens (including phenoxy) is 3. The molecule has 3 aromatic carbocycles. The predicted molar refractivity (Wildman–Crippen MR) is 147 cm³/mol. The highest BCUT2D eigenvalue weighted by Gasteiger charge is 2.28. The van der Waals surface area contributed by atoms with Crippen molar-refractivity contribution >= 4 is 34.3 Å². The second-order valence-electron chi connectivity index (χ2n) is 9.90. The Morgan fingerprint density at radius 1 is 1.21 bits per heavy atom. The number of benzene rings is 3. The summed E-state index contributed by atoms with van der Waals surface area (Å²) in [5, 5.41) is 4.22. The van der Waals surface area contributed by atoms with E-state index in [4.69, 9.17) is 30.8 Å². The number of carbonyl (C=O) groups excluding carboxylic acids is 1. The second kappa shape index (κ2) is 10.3. The van der Waals surface area contributed by atoms with Crippen LogP contribution < -0.4 is 10.1 Å². The minimum atomic E-state index is -0.222. The van der Waals surface area contributed by atoms with Gasteiger partial charge in [0.2, 0.25) is 0 Å². The standard InChI is InChI=1S/C30H30ClN3O4/c1-18-19(16-32-22-9-10-23-20(13-29(35)36-2)17-38-28(23)15-22)5-3-6-25(18)34-26-11-8-21(31)14-24(26)33-30(34)27-7-4-12-37-27/h3,5-6,8-11,14-15,20,27,32H,4,7,12-13,16-17H2,1-2H3. The Labute approximate surface area is 226 Å². The first-order chi connectivity index (χ1) is 18.5. The van der Waals surface area contributed by atoms with E-state index in [1.54, 1.807) is 0 Å². The number of imidazole rings is 1. The lowest BCUT2D eigenvalue weighted by Crippen LogP contribution is -2.10. The Kier molecular flexibility index (Phi) is 6.72. The Bertz CT molecular complexity index is 1510. The molecule has 2 aliphatic rings. The van der Waals surface area contributed by atoms with Gasteiger partial charge in [-0.25, -0.2) is 4.98 Å². The molecule has 1 saturated heterocycles. The molecular formula is C30H30ClN3O4. The average Bonchev–Trinajstić information content (AvgIpc) is 3.67. The van der Waals surface area contributed by atoms with Crippen molar-refractivity contribution in [2.45, 2.75) is 44.8 Å². The maximum atomic E-state index is 11.7. The van der Waals surface area contributed by atoms with Gasteiger partial charge in [-0.3, -0.25) is 9.36 Å². The number of esters is 1. The van der Waals surface area contributed by atoms with E-state index in [0.29, 0.717) is 24.6 Å². The first-order valence-electron chi connectivity index (χ1n) is 13.0. The van der Waals surface area contributed by atoms with Gasteiger partial charge in [0.25, 0.3) is 0 Å². The molecule has 0 saturated carbocycles. The number of rotatable bonds is 7. The van der Waals surface area contributed by atoms with Gasteiger partial charge in [-0.1, -0.05) is 29.8 Å². The molecule has 6 rings (SSSR count). The van der Waals surface area contributed by atoms with Gasteiger partial charge in [0.15, 0.2) is 0 Å². The number of methoxy groups -OCH3 is 1. The summed E-state index contributed by atoms with van der Waals surface area (Å²) in [7, 11) is 1.41. The molecule has 8 heteroatoms. The van der Waals surface area contributed by atoms with Gasteiger partial charge in [-0.2, -0.15) is 0 Å². The van der Waals surface area contributed by atoms with Gasteiger partial charge < -0.3 is 19.5 Å². The van der Waals surface area contributed by atoms with E-state index in [1.165, 1.54) is 18.2 Å². The number of aromatic nitrogens is 2. The van der Waals surface area contributed by atoms with Crippen molar-refractivity contribution in [2.24, 2.45) is 0 Å². The lowest BCUT2D eigenvalue weighted by Gasteiger charge is -2.18. The molecule has 0 radical (unpaired) electrons. The minimum Gasteiger partial charge on any atom is -0.493 e. The summed E-state index contributed by atoms with van der Waals surface area (Å²) >= 11 is 6.30. The van der Waals surface area contributed by atoms with E-state index < -0.39 is 0 Å². The number of anilines is 1. The number of nitrogens with one attached hydrogen (secondary N) is 1. The van der Waals surface area contributed by atoms with Crippen molar-refractivity contribution in [1.82, 2.24) is 9.55 Å². The number of nitrogens with zero attached hydrogens (tertiary/aromatic N) is 2. The molecule has 196 valence electrons. The van der Waals surface area contributed by atoms with Crippen LogP contribution in [0, 0.1) is 6.92 Å². The lowest BCUT2D eigenvalue weighted by atomic mass is 9.97. The first kappa shape index (κ1) is 24.8. The van der Waals surface area contributed by atoms with Crippen LogP contribution in [0.1, 0.15) is 53.8 Å². The minimum absolute atomic E-state index is 0.0308. The molecule has 1 fully saturated rings. The fourth-order valence-electron chi connectivity index (χ4n) is 5.46. The molecule has 0 spiro atoms. The summed E-state index contributed by atoms with van der Waals surface area (Å²) in [4.78, 5) is 16.7. The third-order valence-corrected chi connectivity index (χ3v) is 7.77. The number of fused-ring (bicyclic) bond motifs is 2. The number of halogens is 1.